The number of carbonyl (C=O) groups is 1. The van der Waals surface area contributed by atoms with E-state index in [1.165, 1.54) is 11.6 Å². The minimum absolute atomic E-state index is 0.0121. The van der Waals surface area contributed by atoms with E-state index in [0.717, 1.165) is 0 Å². The third kappa shape index (κ3) is 3.62. The summed E-state index contributed by atoms with van der Waals surface area (Å²) >= 11 is 5.14. The van der Waals surface area contributed by atoms with Crippen molar-refractivity contribution < 1.29 is 4.79 Å². The first kappa shape index (κ1) is 7.44. The van der Waals surface area contributed by atoms with Crippen molar-refractivity contribution in [2.75, 3.05) is 0 Å². The van der Waals surface area contributed by atoms with Crippen LogP contribution in [0.15, 0.2) is 24.3 Å². The molecule has 0 saturated carbocycles. The average molecular weight is 131 g/mol. The third-order valence-corrected chi connectivity index (χ3v) is 0.814. The van der Waals surface area contributed by atoms with Crippen LogP contribution in [-0.2, 0) is 4.79 Å². The smallest absolute Gasteiger partial charge is 0.158 e. The molecule has 0 aromatic heterocycles. The first-order valence-electron chi connectivity index (χ1n) is 2.21. The molecule has 1 nitrogen and oxygen atoms in total. The lowest BCUT2D eigenvalue weighted by Gasteiger charge is -1.79. The molecule has 0 aliphatic rings. The highest BCUT2D eigenvalue weighted by atomic mass is 35.5. The van der Waals surface area contributed by atoms with Crippen LogP contribution in [0.2, 0.25) is 0 Å². The zero-order valence-corrected chi connectivity index (χ0v) is 5.19. The normalized spacial score (nSPS) is 9.62. The van der Waals surface area contributed by atoms with Gasteiger partial charge in [0.25, 0.3) is 0 Å². The number of carbonyl (C=O) groups excluding carboxylic acids is 1. The van der Waals surface area contributed by atoms with Crippen molar-refractivity contribution >= 4 is 17.4 Å². The number of rotatable bonds is 3. The summed E-state index contributed by atoms with van der Waals surface area (Å²) in [6.07, 6.45) is 3.20. The number of allylic oxidation sites excluding steroid dienone is 2. The van der Waals surface area contributed by atoms with Gasteiger partial charge in [0.05, 0.1) is 0 Å². The Labute approximate surface area is 53.6 Å². The highest BCUT2D eigenvalue weighted by Gasteiger charge is 1.86. The van der Waals surface area contributed by atoms with Gasteiger partial charge in [-0.3, -0.25) is 4.79 Å². The maximum absolute atomic E-state index is 10.3. The Morgan fingerprint density at radius 1 is 1.75 bits per heavy atom. The fourth-order valence-corrected chi connectivity index (χ4v) is 0.333. The molecule has 44 valence electrons. The molecular formula is C6H7ClO. The first-order chi connectivity index (χ1) is 3.81. The second kappa shape index (κ2) is 4.60. The Morgan fingerprint density at radius 2 is 2.38 bits per heavy atom. The van der Waals surface area contributed by atoms with Crippen molar-refractivity contribution in [2.24, 2.45) is 0 Å². The Kier molecular flexibility index (Phi) is 4.27. The van der Waals surface area contributed by atoms with Crippen LogP contribution in [0.5, 0.6) is 0 Å². The van der Waals surface area contributed by atoms with Gasteiger partial charge < -0.3 is 0 Å². The summed E-state index contributed by atoms with van der Waals surface area (Å²) < 4.78 is 0. The van der Waals surface area contributed by atoms with Gasteiger partial charge >= 0.3 is 0 Å². The molecule has 0 unspecified atom stereocenters. The molecule has 0 N–H and O–H groups in total. The van der Waals surface area contributed by atoms with Gasteiger partial charge in [-0.15, -0.1) is 0 Å². The largest absolute Gasteiger partial charge is 0.295 e. The van der Waals surface area contributed by atoms with Crippen molar-refractivity contribution in [3.05, 3.63) is 24.3 Å². The van der Waals surface area contributed by atoms with E-state index in [1.807, 2.05) is 0 Å². The van der Waals surface area contributed by atoms with Crippen LogP contribution in [0.4, 0.5) is 0 Å². The number of hydrogen-bond acceptors (Lipinski definition) is 1. The van der Waals surface area contributed by atoms with Crippen molar-refractivity contribution in [1.29, 1.82) is 0 Å². The zero-order valence-electron chi connectivity index (χ0n) is 4.43. The van der Waals surface area contributed by atoms with Gasteiger partial charge in [-0.05, 0) is 6.08 Å². The van der Waals surface area contributed by atoms with Crippen LogP contribution in [0.25, 0.3) is 0 Å². The van der Waals surface area contributed by atoms with Crippen LogP contribution in [0.3, 0.4) is 0 Å². The monoisotopic (exact) mass is 130 g/mol. The molecule has 0 aromatic rings. The van der Waals surface area contributed by atoms with Crippen LogP contribution in [-0.4, -0.2) is 5.78 Å². The molecule has 0 aromatic carbocycles. The van der Waals surface area contributed by atoms with Gasteiger partial charge in [0, 0.05) is 12.0 Å². The zero-order chi connectivity index (χ0) is 6.41. The summed E-state index contributed by atoms with van der Waals surface area (Å²) in [5, 5.41) is 0. The topological polar surface area (TPSA) is 17.1 Å². The van der Waals surface area contributed by atoms with Crippen molar-refractivity contribution in [3.63, 3.8) is 0 Å². The average Bonchev–Trinajstić information content (AvgIpc) is 1.83. The van der Waals surface area contributed by atoms with E-state index >= 15 is 0 Å². The molecule has 8 heavy (non-hydrogen) atoms. The molecule has 2 heteroatoms. The van der Waals surface area contributed by atoms with E-state index in [4.69, 9.17) is 11.6 Å². The summed E-state index contributed by atoms with van der Waals surface area (Å²) in [5.41, 5.74) is 1.32. The van der Waals surface area contributed by atoms with Crippen molar-refractivity contribution in [3.8, 4) is 0 Å². The van der Waals surface area contributed by atoms with Crippen LogP contribution < -0.4 is 0 Å². The fraction of sp³-hybridized carbons (Fsp3) is 0.167. The lowest BCUT2D eigenvalue weighted by atomic mass is 10.3. The lowest BCUT2D eigenvalue weighted by molar-refractivity contribution is -0.113. The van der Waals surface area contributed by atoms with Crippen LogP contribution in [0.1, 0.15) is 6.42 Å². The van der Waals surface area contributed by atoms with Gasteiger partial charge in [-0.25, -0.2) is 0 Å². The number of hydrogen-bond donors (Lipinski definition) is 0. The molecular weight excluding hydrogens is 124 g/mol. The minimum Gasteiger partial charge on any atom is -0.295 e. The van der Waals surface area contributed by atoms with Crippen molar-refractivity contribution in [1.82, 2.24) is 0 Å². The van der Waals surface area contributed by atoms with Gasteiger partial charge in [0.2, 0.25) is 0 Å². The Balaban J connectivity index is 3.39. The molecule has 0 aliphatic carbocycles. The van der Waals surface area contributed by atoms with Gasteiger partial charge in [0.15, 0.2) is 5.78 Å². The van der Waals surface area contributed by atoms with Crippen LogP contribution >= 0.6 is 11.6 Å². The van der Waals surface area contributed by atoms with E-state index in [2.05, 4.69) is 6.58 Å². The fourth-order valence-electron chi connectivity index (χ4n) is 0.244. The second-order valence-corrected chi connectivity index (χ2v) is 1.49. The van der Waals surface area contributed by atoms with Gasteiger partial charge in [-0.1, -0.05) is 24.3 Å². The molecule has 0 heterocycles. The third-order valence-electron chi connectivity index (χ3n) is 0.636. The number of ketones is 1. The molecule has 0 bridgehead atoms. The quantitative estimate of drug-likeness (QED) is 0.534. The van der Waals surface area contributed by atoms with Crippen molar-refractivity contribution in [2.45, 2.75) is 6.42 Å². The molecule has 0 radical (unpaired) electrons. The highest BCUT2D eigenvalue weighted by Crippen LogP contribution is 1.87. The molecule has 0 saturated heterocycles. The molecule has 0 aliphatic heterocycles. The van der Waals surface area contributed by atoms with Gasteiger partial charge in [-0.2, -0.15) is 0 Å². The lowest BCUT2D eigenvalue weighted by Crippen LogP contribution is -1.85. The Bertz CT molecular complexity index is 116. The maximum Gasteiger partial charge on any atom is 0.158 e. The second-order valence-electron chi connectivity index (χ2n) is 1.24. The van der Waals surface area contributed by atoms with E-state index in [0.29, 0.717) is 6.42 Å². The number of halogens is 1. The Hall–Kier alpha value is -0.560. The van der Waals surface area contributed by atoms with E-state index < -0.39 is 0 Å². The molecule has 0 spiro atoms. The predicted octanol–water partition coefficient (Wildman–Crippen LogP) is 1.88. The molecule has 0 atom stereocenters. The van der Waals surface area contributed by atoms with Crippen LogP contribution in [0, 0.1) is 0 Å². The van der Waals surface area contributed by atoms with E-state index in [-0.39, 0.29) is 5.78 Å². The standard InChI is InChI=1S/C6H7ClO/c1-2-6(8)4-3-5-7/h2-3,5H,1,4H2/b5-3+. The summed E-state index contributed by atoms with van der Waals surface area (Å²) in [6, 6.07) is 0. The van der Waals surface area contributed by atoms with Gasteiger partial charge in [0.1, 0.15) is 0 Å². The molecule has 0 amide bonds. The molecule has 0 rings (SSSR count). The summed E-state index contributed by atoms with van der Waals surface area (Å²) in [5.74, 6) is -0.0121. The predicted molar refractivity (Wildman–Crippen MR) is 34.8 cm³/mol. The molecule has 0 fully saturated rings. The summed E-state index contributed by atoms with van der Waals surface area (Å²) in [4.78, 5) is 10.3. The van der Waals surface area contributed by atoms with E-state index in [1.54, 1.807) is 6.08 Å². The summed E-state index contributed by atoms with van der Waals surface area (Å²) in [7, 11) is 0. The SMILES string of the molecule is C=CC(=O)C/C=C/Cl. The highest BCUT2D eigenvalue weighted by molar-refractivity contribution is 6.25. The maximum atomic E-state index is 10.3. The summed E-state index contributed by atoms with van der Waals surface area (Å²) in [6.45, 7) is 3.29. The first-order valence-corrected chi connectivity index (χ1v) is 2.65. The minimum atomic E-state index is -0.0121. The van der Waals surface area contributed by atoms with E-state index in [9.17, 15) is 4.79 Å². The Morgan fingerprint density at radius 3 is 2.75 bits per heavy atom.